The fraction of sp³-hybridized carbons (Fsp3) is 0.235. The molecule has 1 N–H and O–H groups in total. The van der Waals surface area contributed by atoms with Crippen LogP contribution < -0.4 is 5.56 Å². The predicted molar refractivity (Wildman–Crippen MR) is 102 cm³/mol. The number of aromatic amines is 1. The largest absolute Gasteiger partial charge is 0.275 e. The molecule has 0 amide bonds. The molecule has 138 valence electrons. The second-order valence-electron chi connectivity index (χ2n) is 5.76. The molecule has 3 heterocycles. The average molecular weight is 402 g/mol. The number of benzene rings is 1. The molecule has 27 heavy (non-hydrogen) atoms. The predicted octanol–water partition coefficient (Wildman–Crippen LogP) is 3.32. The van der Waals surface area contributed by atoms with E-state index in [9.17, 15) is 9.18 Å². The van der Waals surface area contributed by atoms with E-state index in [-0.39, 0.29) is 11.4 Å². The van der Waals surface area contributed by atoms with E-state index in [0.29, 0.717) is 33.0 Å². The van der Waals surface area contributed by atoms with Gasteiger partial charge >= 0.3 is 0 Å². The number of aryl methyl sites for hydroxylation is 1. The molecule has 0 unspecified atom stereocenters. The summed E-state index contributed by atoms with van der Waals surface area (Å²) < 4.78 is 15.2. The van der Waals surface area contributed by atoms with Crippen LogP contribution in [-0.2, 0) is 12.2 Å². The molecular formula is C17H15FN6OS2. The van der Waals surface area contributed by atoms with Gasteiger partial charge in [-0.05, 0) is 18.6 Å². The molecule has 0 aliphatic rings. The molecule has 0 saturated carbocycles. The quantitative estimate of drug-likeness (QED) is 0.498. The Balaban J connectivity index is 1.52. The van der Waals surface area contributed by atoms with E-state index in [4.69, 9.17) is 0 Å². The van der Waals surface area contributed by atoms with E-state index < -0.39 is 0 Å². The number of aromatic nitrogens is 6. The highest BCUT2D eigenvalue weighted by Gasteiger charge is 2.12. The highest BCUT2D eigenvalue weighted by Crippen LogP contribution is 2.23. The summed E-state index contributed by atoms with van der Waals surface area (Å²) in [4.78, 5) is 21.6. The number of nitrogens with one attached hydrogen (secondary N) is 1. The minimum atomic E-state index is -0.363. The van der Waals surface area contributed by atoms with Gasteiger partial charge < -0.3 is 0 Å². The van der Waals surface area contributed by atoms with E-state index in [1.54, 1.807) is 18.2 Å². The number of hydrogen-bond donors (Lipinski definition) is 1. The molecule has 4 aromatic rings. The first kappa shape index (κ1) is 17.8. The number of rotatable bonds is 6. The van der Waals surface area contributed by atoms with E-state index in [1.165, 1.54) is 39.7 Å². The van der Waals surface area contributed by atoms with Gasteiger partial charge in [-0.25, -0.2) is 14.4 Å². The van der Waals surface area contributed by atoms with Crippen LogP contribution in [0.25, 0.3) is 16.3 Å². The van der Waals surface area contributed by atoms with Gasteiger partial charge in [0.25, 0.3) is 5.56 Å². The summed E-state index contributed by atoms with van der Waals surface area (Å²) >= 11 is 2.75. The maximum absolute atomic E-state index is 13.8. The third kappa shape index (κ3) is 3.76. The first-order valence-electron chi connectivity index (χ1n) is 8.33. The molecule has 3 aromatic heterocycles. The van der Waals surface area contributed by atoms with Crippen LogP contribution in [0.2, 0.25) is 0 Å². The Morgan fingerprint density at radius 2 is 2.15 bits per heavy atom. The Hall–Kier alpha value is -2.59. The Bertz CT molecular complexity index is 1150. The van der Waals surface area contributed by atoms with Crippen molar-refractivity contribution in [2.24, 2.45) is 0 Å². The molecule has 10 heteroatoms. The van der Waals surface area contributed by atoms with Gasteiger partial charge in [-0.2, -0.15) is 9.61 Å². The van der Waals surface area contributed by atoms with Crippen LogP contribution in [-0.4, -0.2) is 29.8 Å². The van der Waals surface area contributed by atoms with Crippen molar-refractivity contribution in [2.45, 2.75) is 30.7 Å². The number of thioether (sulfide) groups is 1. The monoisotopic (exact) mass is 402 g/mol. The van der Waals surface area contributed by atoms with Crippen molar-refractivity contribution in [3.8, 4) is 11.4 Å². The van der Waals surface area contributed by atoms with Crippen molar-refractivity contribution in [1.82, 2.24) is 29.8 Å². The van der Waals surface area contributed by atoms with Gasteiger partial charge in [0.05, 0.1) is 11.3 Å². The lowest BCUT2D eigenvalue weighted by Gasteiger charge is -1.98. The number of H-pyrrole nitrogens is 1. The van der Waals surface area contributed by atoms with Gasteiger partial charge in [0.15, 0.2) is 5.82 Å². The van der Waals surface area contributed by atoms with Gasteiger partial charge in [-0.1, -0.05) is 42.2 Å². The lowest BCUT2D eigenvalue weighted by molar-refractivity contribution is 0.630. The van der Waals surface area contributed by atoms with Crippen LogP contribution in [0.15, 0.2) is 40.3 Å². The average Bonchev–Trinajstić information content (AvgIpc) is 3.28. The molecule has 0 aliphatic heterocycles. The zero-order valence-corrected chi connectivity index (χ0v) is 16.0. The third-order valence-corrected chi connectivity index (χ3v) is 5.60. The van der Waals surface area contributed by atoms with Crippen LogP contribution >= 0.6 is 23.1 Å². The van der Waals surface area contributed by atoms with Crippen LogP contribution in [0.4, 0.5) is 4.39 Å². The molecule has 0 aliphatic carbocycles. The van der Waals surface area contributed by atoms with E-state index in [0.717, 1.165) is 17.8 Å². The van der Waals surface area contributed by atoms with Gasteiger partial charge in [0, 0.05) is 18.2 Å². The molecule has 0 atom stereocenters. The fourth-order valence-corrected chi connectivity index (χ4v) is 4.22. The van der Waals surface area contributed by atoms with Crippen LogP contribution in [0, 0.1) is 5.82 Å². The second kappa shape index (κ2) is 7.57. The fourth-order valence-electron chi connectivity index (χ4n) is 2.51. The third-order valence-electron chi connectivity index (χ3n) is 3.75. The van der Waals surface area contributed by atoms with Crippen molar-refractivity contribution in [3.05, 3.63) is 57.2 Å². The summed E-state index contributed by atoms with van der Waals surface area (Å²) in [6.45, 7) is 2.07. The minimum absolute atomic E-state index is 0.198. The maximum Gasteiger partial charge on any atom is 0.275 e. The number of nitrogens with zero attached hydrogens (tertiary/aromatic N) is 5. The smallest absolute Gasteiger partial charge is 0.267 e. The Morgan fingerprint density at radius 1 is 1.30 bits per heavy atom. The lowest BCUT2D eigenvalue weighted by Crippen LogP contribution is -2.15. The summed E-state index contributed by atoms with van der Waals surface area (Å²) in [5.41, 5.74) is 0.799. The molecule has 0 bridgehead atoms. The molecule has 1 aromatic carbocycles. The van der Waals surface area contributed by atoms with Crippen molar-refractivity contribution in [2.75, 3.05) is 0 Å². The van der Waals surface area contributed by atoms with Crippen LogP contribution in [0.3, 0.4) is 0 Å². The van der Waals surface area contributed by atoms with Crippen LogP contribution in [0.1, 0.15) is 24.0 Å². The Labute approximate surface area is 161 Å². The molecular weight excluding hydrogens is 387 g/mol. The number of hydrogen-bond acceptors (Lipinski definition) is 7. The highest BCUT2D eigenvalue weighted by atomic mass is 32.2. The SMILES string of the molecule is CCCc1nn2c(=O)cc(CSc3n[nH]c(-c4ccccc4F)n3)nc2s1. The summed E-state index contributed by atoms with van der Waals surface area (Å²) in [5, 5.41) is 12.5. The highest BCUT2D eigenvalue weighted by molar-refractivity contribution is 7.98. The number of halogens is 1. The lowest BCUT2D eigenvalue weighted by atomic mass is 10.2. The van der Waals surface area contributed by atoms with Crippen LogP contribution in [0.5, 0.6) is 0 Å². The Morgan fingerprint density at radius 3 is 2.96 bits per heavy atom. The minimum Gasteiger partial charge on any atom is -0.267 e. The zero-order valence-electron chi connectivity index (χ0n) is 14.3. The maximum atomic E-state index is 13.8. The molecule has 0 radical (unpaired) electrons. The number of fused-ring (bicyclic) bond motifs is 1. The standard InChI is InChI=1S/C17H15FN6OS2/c1-2-5-13-23-24-14(25)8-10(19-17(24)27-13)9-26-16-20-15(21-22-16)11-6-3-4-7-12(11)18/h3-4,6-8H,2,5,9H2,1H3,(H,20,21,22). The van der Waals surface area contributed by atoms with E-state index >= 15 is 0 Å². The first-order chi connectivity index (χ1) is 13.1. The normalized spacial score (nSPS) is 11.3. The van der Waals surface area contributed by atoms with Crippen molar-refractivity contribution in [3.63, 3.8) is 0 Å². The first-order valence-corrected chi connectivity index (χ1v) is 10.1. The second-order valence-corrected chi connectivity index (χ2v) is 7.74. The van der Waals surface area contributed by atoms with Gasteiger partial charge in [0.1, 0.15) is 10.8 Å². The summed E-state index contributed by atoms with van der Waals surface area (Å²) in [6.07, 6.45) is 1.79. The molecule has 7 nitrogen and oxygen atoms in total. The molecule has 4 rings (SSSR count). The van der Waals surface area contributed by atoms with Crippen molar-refractivity contribution < 1.29 is 4.39 Å². The van der Waals surface area contributed by atoms with Crippen molar-refractivity contribution in [1.29, 1.82) is 0 Å². The van der Waals surface area contributed by atoms with Gasteiger partial charge in [-0.3, -0.25) is 9.89 Å². The molecule has 0 fully saturated rings. The summed E-state index contributed by atoms with van der Waals surface area (Å²) in [5.74, 6) is 0.436. The Kier molecular flexibility index (Phi) is 4.99. The van der Waals surface area contributed by atoms with Gasteiger partial charge in [0.2, 0.25) is 10.1 Å². The van der Waals surface area contributed by atoms with Gasteiger partial charge in [-0.15, -0.1) is 5.10 Å². The molecule has 0 saturated heterocycles. The summed E-state index contributed by atoms with van der Waals surface area (Å²) in [6, 6.07) is 7.84. The summed E-state index contributed by atoms with van der Waals surface area (Å²) in [7, 11) is 0. The zero-order chi connectivity index (χ0) is 18.8. The van der Waals surface area contributed by atoms with E-state index in [1.807, 2.05) is 0 Å². The van der Waals surface area contributed by atoms with E-state index in [2.05, 4.69) is 32.2 Å². The molecule has 0 spiro atoms. The van der Waals surface area contributed by atoms with Crippen molar-refractivity contribution >= 4 is 28.1 Å². The topological polar surface area (TPSA) is 88.8 Å².